The van der Waals surface area contributed by atoms with Crippen LogP contribution in [0.25, 0.3) is 0 Å². The van der Waals surface area contributed by atoms with Gasteiger partial charge in [0.15, 0.2) is 0 Å². The van der Waals surface area contributed by atoms with E-state index < -0.39 is 0 Å². The standard InChI is InChI=1S/C15H14N2O/c1-10-13(8-12-6-4-3-5-7-12)11(2)17-15(18)14(10)9-16/h3-7H,8H2,1-2H3,(H,17,18). The first-order valence-corrected chi connectivity index (χ1v) is 5.80. The lowest BCUT2D eigenvalue weighted by molar-refractivity contribution is 1.01. The highest BCUT2D eigenvalue weighted by Crippen LogP contribution is 2.17. The molecule has 3 heteroatoms. The first kappa shape index (κ1) is 12.1. The van der Waals surface area contributed by atoms with Gasteiger partial charge in [-0.15, -0.1) is 0 Å². The summed E-state index contributed by atoms with van der Waals surface area (Å²) >= 11 is 0. The zero-order valence-corrected chi connectivity index (χ0v) is 10.4. The summed E-state index contributed by atoms with van der Waals surface area (Å²) in [4.78, 5) is 14.4. The third kappa shape index (κ3) is 2.18. The summed E-state index contributed by atoms with van der Waals surface area (Å²) in [6.45, 7) is 3.70. The fourth-order valence-electron chi connectivity index (χ4n) is 2.11. The Morgan fingerprint density at radius 1 is 1.22 bits per heavy atom. The molecular weight excluding hydrogens is 224 g/mol. The Kier molecular flexibility index (Phi) is 3.29. The fourth-order valence-corrected chi connectivity index (χ4v) is 2.11. The Balaban J connectivity index is 2.53. The molecule has 0 spiro atoms. The van der Waals surface area contributed by atoms with Crippen LogP contribution in [0.4, 0.5) is 0 Å². The van der Waals surface area contributed by atoms with Crippen LogP contribution in [0, 0.1) is 25.2 Å². The van der Waals surface area contributed by atoms with E-state index in [4.69, 9.17) is 5.26 Å². The predicted molar refractivity (Wildman–Crippen MR) is 70.5 cm³/mol. The van der Waals surface area contributed by atoms with Gasteiger partial charge in [-0.25, -0.2) is 0 Å². The molecular formula is C15H14N2O. The van der Waals surface area contributed by atoms with Gasteiger partial charge in [-0.3, -0.25) is 4.79 Å². The van der Waals surface area contributed by atoms with E-state index in [1.165, 1.54) is 5.56 Å². The minimum Gasteiger partial charge on any atom is -0.325 e. The molecule has 0 fully saturated rings. The molecule has 0 unspecified atom stereocenters. The number of hydrogen-bond acceptors (Lipinski definition) is 2. The summed E-state index contributed by atoms with van der Waals surface area (Å²) in [5.74, 6) is 0. The quantitative estimate of drug-likeness (QED) is 0.873. The van der Waals surface area contributed by atoms with Gasteiger partial charge in [-0.2, -0.15) is 5.26 Å². The van der Waals surface area contributed by atoms with Crippen LogP contribution in [0.3, 0.4) is 0 Å². The molecule has 1 aromatic heterocycles. The van der Waals surface area contributed by atoms with E-state index in [1.54, 1.807) is 0 Å². The van der Waals surface area contributed by atoms with Crippen LogP contribution < -0.4 is 5.56 Å². The van der Waals surface area contributed by atoms with E-state index in [1.807, 2.05) is 50.2 Å². The second kappa shape index (κ2) is 4.89. The number of nitrogens with one attached hydrogen (secondary N) is 1. The number of aryl methyl sites for hydroxylation is 1. The summed E-state index contributed by atoms with van der Waals surface area (Å²) in [6.07, 6.45) is 0.726. The molecule has 3 nitrogen and oxygen atoms in total. The molecule has 1 N–H and O–H groups in total. The molecule has 0 saturated heterocycles. The van der Waals surface area contributed by atoms with Crippen LogP contribution in [0.1, 0.15) is 27.9 Å². The second-order valence-electron chi connectivity index (χ2n) is 4.33. The summed E-state index contributed by atoms with van der Waals surface area (Å²) in [6, 6.07) is 12.0. The molecule has 18 heavy (non-hydrogen) atoms. The van der Waals surface area contributed by atoms with Gasteiger partial charge < -0.3 is 4.98 Å². The minimum atomic E-state index is -0.302. The molecule has 0 radical (unpaired) electrons. The Hall–Kier alpha value is -2.34. The Morgan fingerprint density at radius 2 is 1.89 bits per heavy atom. The third-order valence-corrected chi connectivity index (χ3v) is 3.14. The molecule has 0 atom stereocenters. The highest BCUT2D eigenvalue weighted by atomic mass is 16.1. The van der Waals surface area contributed by atoms with E-state index in [-0.39, 0.29) is 11.1 Å². The van der Waals surface area contributed by atoms with Gasteiger partial charge in [0.1, 0.15) is 11.6 Å². The van der Waals surface area contributed by atoms with E-state index in [0.29, 0.717) is 0 Å². The van der Waals surface area contributed by atoms with Crippen LogP contribution in [0.5, 0.6) is 0 Å². The zero-order chi connectivity index (χ0) is 13.1. The van der Waals surface area contributed by atoms with E-state index >= 15 is 0 Å². The average molecular weight is 238 g/mol. The van der Waals surface area contributed by atoms with Crippen LogP contribution in [0.15, 0.2) is 35.1 Å². The lowest BCUT2D eigenvalue weighted by Gasteiger charge is -2.10. The van der Waals surface area contributed by atoms with Crippen molar-refractivity contribution in [2.24, 2.45) is 0 Å². The molecule has 0 bridgehead atoms. The topological polar surface area (TPSA) is 56.6 Å². The van der Waals surface area contributed by atoms with Gasteiger partial charge in [0.2, 0.25) is 0 Å². The first-order chi connectivity index (χ1) is 8.63. The van der Waals surface area contributed by atoms with Gasteiger partial charge in [0, 0.05) is 5.69 Å². The second-order valence-corrected chi connectivity index (χ2v) is 4.33. The van der Waals surface area contributed by atoms with Crippen molar-refractivity contribution < 1.29 is 0 Å². The SMILES string of the molecule is Cc1[nH]c(=O)c(C#N)c(C)c1Cc1ccccc1. The third-order valence-electron chi connectivity index (χ3n) is 3.14. The number of nitrogens with zero attached hydrogens (tertiary/aromatic N) is 1. The monoisotopic (exact) mass is 238 g/mol. The van der Waals surface area contributed by atoms with E-state index in [0.717, 1.165) is 23.2 Å². The number of nitriles is 1. The molecule has 2 rings (SSSR count). The van der Waals surface area contributed by atoms with E-state index in [2.05, 4.69) is 4.98 Å². The molecule has 0 aliphatic heterocycles. The van der Waals surface area contributed by atoms with Crippen molar-refractivity contribution in [2.75, 3.05) is 0 Å². The number of aromatic amines is 1. The van der Waals surface area contributed by atoms with Crippen molar-refractivity contribution in [3.05, 3.63) is 68.6 Å². The number of rotatable bonds is 2. The van der Waals surface area contributed by atoms with Crippen molar-refractivity contribution in [1.82, 2.24) is 4.98 Å². The molecule has 0 amide bonds. The number of benzene rings is 1. The maximum absolute atomic E-state index is 11.6. The van der Waals surface area contributed by atoms with Crippen LogP contribution in [0.2, 0.25) is 0 Å². The lowest BCUT2D eigenvalue weighted by atomic mass is 9.97. The van der Waals surface area contributed by atoms with Crippen molar-refractivity contribution in [3.8, 4) is 6.07 Å². The number of H-pyrrole nitrogens is 1. The van der Waals surface area contributed by atoms with Gasteiger partial charge >= 0.3 is 0 Å². The predicted octanol–water partition coefficient (Wildman–Crippen LogP) is 2.45. The Bertz CT molecular complexity index is 663. The molecule has 0 aliphatic rings. The van der Waals surface area contributed by atoms with Crippen LogP contribution in [-0.2, 0) is 6.42 Å². The van der Waals surface area contributed by atoms with Gasteiger partial charge in [0.25, 0.3) is 5.56 Å². The molecule has 0 saturated carbocycles. The van der Waals surface area contributed by atoms with Gasteiger partial charge in [-0.1, -0.05) is 30.3 Å². The summed E-state index contributed by atoms with van der Waals surface area (Å²) in [5, 5.41) is 9.01. The zero-order valence-electron chi connectivity index (χ0n) is 10.4. The van der Waals surface area contributed by atoms with E-state index in [9.17, 15) is 4.79 Å². The molecule has 0 aliphatic carbocycles. The van der Waals surface area contributed by atoms with Crippen LogP contribution in [-0.4, -0.2) is 4.98 Å². The number of aromatic nitrogens is 1. The molecule has 90 valence electrons. The molecule has 2 aromatic rings. The summed E-state index contributed by atoms with van der Waals surface area (Å²) in [7, 11) is 0. The molecule has 1 heterocycles. The highest BCUT2D eigenvalue weighted by Gasteiger charge is 2.11. The van der Waals surface area contributed by atoms with Crippen molar-refractivity contribution >= 4 is 0 Å². The van der Waals surface area contributed by atoms with Gasteiger partial charge in [-0.05, 0) is 37.0 Å². The summed E-state index contributed by atoms with van der Waals surface area (Å²) in [5.41, 5.74) is 3.72. The Labute approximate surface area is 106 Å². The lowest BCUT2D eigenvalue weighted by Crippen LogP contribution is -2.16. The smallest absolute Gasteiger partial charge is 0.266 e. The molecule has 1 aromatic carbocycles. The highest BCUT2D eigenvalue weighted by molar-refractivity contribution is 5.44. The normalized spacial score (nSPS) is 10.1. The van der Waals surface area contributed by atoms with Gasteiger partial charge in [0.05, 0.1) is 0 Å². The average Bonchev–Trinajstić information content (AvgIpc) is 2.36. The maximum atomic E-state index is 11.6. The maximum Gasteiger partial charge on any atom is 0.266 e. The largest absolute Gasteiger partial charge is 0.325 e. The van der Waals surface area contributed by atoms with Crippen molar-refractivity contribution in [3.63, 3.8) is 0 Å². The van der Waals surface area contributed by atoms with Crippen molar-refractivity contribution in [1.29, 1.82) is 5.26 Å². The summed E-state index contributed by atoms with van der Waals surface area (Å²) < 4.78 is 0. The van der Waals surface area contributed by atoms with Crippen LogP contribution >= 0.6 is 0 Å². The van der Waals surface area contributed by atoms with Crippen molar-refractivity contribution in [2.45, 2.75) is 20.3 Å². The number of pyridine rings is 1. The first-order valence-electron chi connectivity index (χ1n) is 5.80. The number of hydrogen-bond donors (Lipinski definition) is 1. The Morgan fingerprint density at radius 3 is 2.50 bits per heavy atom. The minimum absolute atomic E-state index is 0.214. The fraction of sp³-hybridized carbons (Fsp3) is 0.200.